The third kappa shape index (κ3) is 2.92. The van der Waals surface area contributed by atoms with Crippen molar-refractivity contribution in [1.29, 1.82) is 5.26 Å². The molecule has 0 heterocycles. The number of aryl methyl sites for hydroxylation is 2. The molecule has 2 aromatic rings. The van der Waals surface area contributed by atoms with Gasteiger partial charge >= 0.3 is 0 Å². The fraction of sp³-hybridized carbons (Fsp3) is 0.235. The number of nitrogens with zero attached hydrogens (tertiary/aromatic N) is 2. The van der Waals surface area contributed by atoms with Gasteiger partial charge in [0.2, 0.25) is 0 Å². The molecule has 0 saturated carbocycles. The van der Waals surface area contributed by atoms with Crippen LogP contribution in [-0.2, 0) is 0 Å². The number of anilines is 3. The number of nitrogens with one attached hydrogen (secondary N) is 1. The second-order valence-corrected chi connectivity index (χ2v) is 5.18. The van der Waals surface area contributed by atoms with Crippen LogP contribution in [0.1, 0.15) is 16.7 Å². The summed E-state index contributed by atoms with van der Waals surface area (Å²) in [4.78, 5) is 2.08. The van der Waals surface area contributed by atoms with Crippen LogP contribution in [-0.4, -0.2) is 14.1 Å². The van der Waals surface area contributed by atoms with Gasteiger partial charge in [0.25, 0.3) is 0 Å². The second kappa shape index (κ2) is 5.66. The van der Waals surface area contributed by atoms with Gasteiger partial charge in [0, 0.05) is 25.5 Å². The molecule has 20 heavy (non-hydrogen) atoms. The predicted molar refractivity (Wildman–Crippen MR) is 84.7 cm³/mol. The number of nitriles is 1. The van der Waals surface area contributed by atoms with Gasteiger partial charge in [-0.05, 0) is 49.2 Å². The van der Waals surface area contributed by atoms with Gasteiger partial charge < -0.3 is 10.2 Å². The van der Waals surface area contributed by atoms with Gasteiger partial charge in [-0.2, -0.15) is 5.26 Å². The van der Waals surface area contributed by atoms with Crippen LogP contribution >= 0.6 is 0 Å². The van der Waals surface area contributed by atoms with Crippen LogP contribution in [0.4, 0.5) is 17.1 Å². The van der Waals surface area contributed by atoms with Crippen molar-refractivity contribution in [1.82, 2.24) is 0 Å². The zero-order valence-corrected chi connectivity index (χ0v) is 12.4. The molecule has 0 aliphatic rings. The molecular formula is C17H19N3. The van der Waals surface area contributed by atoms with Gasteiger partial charge in [0.1, 0.15) is 6.07 Å². The molecule has 0 unspecified atom stereocenters. The van der Waals surface area contributed by atoms with E-state index in [0.717, 1.165) is 16.9 Å². The first kappa shape index (κ1) is 14.0. The third-order valence-electron chi connectivity index (χ3n) is 3.27. The van der Waals surface area contributed by atoms with E-state index in [1.807, 2.05) is 45.3 Å². The van der Waals surface area contributed by atoms with Gasteiger partial charge in [-0.25, -0.2) is 0 Å². The van der Waals surface area contributed by atoms with Crippen molar-refractivity contribution in [2.45, 2.75) is 13.8 Å². The Morgan fingerprint density at radius 1 is 1.05 bits per heavy atom. The summed E-state index contributed by atoms with van der Waals surface area (Å²) in [5, 5.41) is 12.5. The van der Waals surface area contributed by atoms with Crippen LogP contribution in [0.15, 0.2) is 36.4 Å². The highest BCUT2D eigenvalue weighted by Crippen LogP contribution is 2.26. The molecule has 0 radical (unpaired) electrons. The highest BCUT2D eigenvalue weighted by molar-refractivity contribution is 5.71. The minimum atomic E-state index is 0.664. The Bertz CT molecular complexity index is 666. The average molecular weight is 265 g/mol. The van der Waals surface area contributed by atoms with E-state index in [4.69, 9.17) is 0 Å². The minimum Gasteiger partial charge on any atom is -0.377 e. The summed E-state index contributed by atoms with van der Waals surface area (Å²) < 4.78 is 0. The molecule has 2 aromatic carbocycles. The second-order valence-electron chi connectivity index (χ2n) is 5.18. The monoisotopic (exact) mass is 265 g/mol. The molecule has 0 spiro atoms. The zero-order chi connectivity index (χ0) is 14.7. The Morgan fingerprint density at radius 2 is 1.80 bits per heavy atom. The van der Waals surface area contributed by atoms with Crippen molar-refractivity contribution in [2.75, 3.05) is 24.3 Å². The van der Waals surface area contributed by atoms with E-state index >= 15 is 0 Å². The van der Waals surface area contributed by atoms with E-state index in [0.29, 0.717) is 5.56 Å². The molecule has 3 heteroatoms. The van der Waals surface area contributed by atoms with Crippen LogP contribution in [0.5, 0.6) is 0 Å². The van der Waals surface area contributed by atoms with Crippen molar-refractivity contribution < 1.29 is 0 Å². The van der Waals surface area contributed by atoms with Gasteiger partial charge in [0.05, 0.1) is 11.3 Å². The molecule has 0 atom stereocenters. The minimum absolute atomic E-state index is 0.664. The van der Waals surface area contributed by atoms with Crippen molar-refractivity contribution >= 4 is 17.1 Å². The van der Waals surface area contributed by atoms with Crippen molar-refractivity contribution in [3.63, 3.8) is 0 Å². The Balaban J connectivity index is 2.36. The van der Waals surface area contributed by atoms with E-state index in [9.17, 15) is 5.26 Å². The highest BCUT2D eigenvalue weighted by Gasteiger charge is 2.05. The van der Waals surface area contributed by atoms with Crippen molar-refractivity contribution in [3.8, 4) is 6.07 Å². The first-order chi connectivity index (χ1) is 9.51. The molecule has 0 saturated heterocycles. The Hall–Kier alpha value is -2.47. The molecule has 0 bridgehead atoms. The lowest BCUT2D eigenvalue weighted by molar-refractivity contribution is 1.11. The summed E-state index contributed by atoms with van der Waals surface area (Å²) in [5.74, 6) is 0. The SMILES string of the molecule is Cc1ccc(Nc2ccc(C)c(N(C)C)c2)c(C#N)c1. The van der Waals surface area contributed by atoms with E-state index in [-0.39, 0.29) is 0 Å². The Kier molecular flexibility index (Phi) is 3.95. The molecule has 0 fully saturated rings. The normalized spacial score (nSPS) is 9.95. The number of benzene rings is 2. The van der Waals surface area contributed by atoms with Gasteiger partial charge in [-0.1, -0.05) is 12.1 Å². The fourth-order valence-corrected chi connectivity index (χ4v) is 2.18. The topological polar surface area (TPSA) is 39.1 Å². The van der Waals surface area contributed by atoms with Crippen LogP contribution in [0.3, 0.4) is 0 Å². The molecule has 2 rings (SSSR count). The Labute approximate surface area is 120 Å². The smallest absolute Gasteiger partial charge is 0.101 e. The van der Waals surface area contributed by atoms with Crippen LogP contribution in [0.2, 0.25) is 0 Å². The number of rotatable bonds is 3. The molecule has 1 N–H and O–H groups in total. The maximum Gasteiger partial charge on any atom is 0.101 e. The maximum atomic E-state index is 9.21. The fourth-order valence-electron chi connectivity index (χ4n) is 2.18. The van der Waals surface area contributed by atoms with Crippen LogP contribution < -0.4 is 10.2 Å². The molecular weight excluding hydrogens is 246 g/mol. The van der Waals surface area contributed by atoms with E-state index in [2.05, 4.69) is 35.3 Å². The zero-order valence-electron chi connectivity index (χ0n) is 12.4. The molecule has 0 aromatic heterocycles. The highest BCUT2D eigenvalue weighted by atomic mass is 15.1. The lowest BCUT2D eigenvalue weighted by Gasteiger charge is -2.18. The van der Waals surface area contributed by atoms with Crippen LogP contribution in [0.25, 0.3) is 0 Å². The summed E-state index contributed by atoms with van der Waals surface area (Å²) in [6.45, 7) is 4.08. The average Bonchev–Trinajstić information content (AvgIpc) is 2.42. The van der Waals surface area contributed by atoms with Gasteiger partial charge in [0.15, 0.2) is 0 Å². The van der Waals surface area contributed by atoms with Crippen molar-refractivity contribution in [3.05, 3.63) is 53.1 Å². The molecule has 102 valence electrons. The van der Waals surface area contributed by atoms with E-state index in [1.54, 1.807) is 0 Å². The maximum absolute atomic E-state index is 9.21. The number of hydrogen-bond donors (Lipinski definition) is 1. The Morgan fingerprint density at radius 3 is 2.45 bits per heavy atom. The predicted octanol–water partition coefficient (Wildman–Crippen LogP) is 3.98. The standard InChI is InChI=1S/C17H19N3/c1-12-5-8-16(14(9-12)11-18)19-15-7-6-13(2)17(10-15)20(3)4/h5-10,19H,1-4H3. The molecule has 0 aliphatic heterocycles. The van der Waals surface area contributed by atoms with E-state index in [1.165, 1.54) is 11.3 Å². The summed E-state index contributed by atoms with van der Waals surface area (Å²) in [6.07, 6.45) is 0. The quantitative estimate of drug-likeness (QED) is 0.912. The summed E-state index contributed by atoms with van der Waals surface area (Å²) >= 11 is 0. The molecule has 3 nitrogen and oxygen atoms in total. The lowest BCUT2D eigenvalue weighted by Crippen LogP contribution is -2.10. The molecule has 0 amide bonds. The first-order valence-electron chi connectivity index (χ1n) is 6.57. The number of hydrogen-bond acceptors (Lipinski definition) is 3. The van der Waals surface area contributed by atoms with Crippen LogP contribution in [0, 0.1) is 25.2 Å². The van der Waals surface area contributed by atoms with Crippen molar-refractivity contribution in [2.24, 2.45) is 0 Å². The van der Waals surface area contributed by atoms with E-state index < -0.39 is 0 Å². The summed E-state index contributed by atoms with van der Waals surface area (Å²) in [6, 6.07) is 14.3. The van der Waals surface area contributed by atoms with Gasteiger partial charge in [-0.15, -0.1) is 0 Å². The third-order valence-corrected chi connectivity index (χ3v) is 3.27. The molecule has 0 aliphatic carbocycles. The first-order valence-corrected chi connectivity index (χ1v) is 6.57. The largest absolute Gasteiger partial charge is 0.377 e. The lowest BCUT2D eigenvalue weighted by atomic mass is 10.1. The summed E-state index contributed by atoms with van der Waals surface area (Å²) in [5.41, 5.74) is 5.97. The summed E-state index contributed by atoms with van der Waals surface area (Å²) in [7, 11) is 4.05. The van der Waals surface area contributed by atoms with Gasteiger partial charge in [-0.3, -0.25) is 0 Å².